The summed E-state index contributed by atoms with van der Waals surface area (Å²) in [6.45, 7) is 7.74. The molecule has 0 bridgehead atoms. The van der Waals surface area contributed by atoms with Crippen LogP contribution in [0.5, 0.6) is 0 Å². The van der Waals surface area contributed by atoms with Crippen LogP contribution in [0, 0.1) is 0 Å². The molecule has 8 nitrogen and oxygen atoms in total. The lowest BCUT2D eigenvalue weighted by molar-refractivity contribution is -0.133. The second-order valence-corrected chi connectivity index (χ2v) is 7.24. The highest BCUT2D eigenvalue weighted by Gasteiger charge is 2.28. The summed E-state index contributed by atoms with van der Waals surface area (Å²) in [4.78, 5) is 16.2. The third-order valence-corrected chi connectivity index (χ3v) is 5.70. The molecule has 22 heavy (non-hydrogen) atoms. The molecule has 2 aliphatic rings. The number of hydrogen-bond donors (Lipinski definition) is 1. The third-order valence-electron chi connectivity index (χ3n) is 4.00. The molecule has 128 valence electrons. The van der Waals surface area contributed by atoms with E-state index in [9.17, 15) is 13.2 Å². The summed E-state index contributed by atoms with van der Waals surface area (Å²) in [5, 5.41) is 0. The zero-order valence-electron chi connectivity index (χ0n) is 13.2. The fraction of sp³-hybridized carbons (Fsp3) is 0.923. The van der Waals surface area contributed by atoms with Gasteiger partial charge < -0.3 is 9.64 Å². The minimum atomic E-state index is -3.39. The van der Waals surface area contributed by atoms with Crippen LogP contribution in [0.15, 0.2) is 0 Å². The van der Waals surface area contributed by atoms with Gasteiger partial charge in [0.1, 0.15) is 0 Å². The lowest BCUT2D eigenvalue weighted by atomic mass is 10.3. The van der Waals surface area contributed by atoms with Crippen molar-refractivity contribution in [3.8, 4) is 0 Å². The van der Waals surface area contributed by atoms with Gasteiger partial charge in [-0.15, -0.1) is 0 Å². The summed E-state index contributed by atoms with van der Waals surface area (Å²) < 4.78 is 32.9. The fourth-order valence-corrected chi connectivity index (χ4v) is 3.88. The molecule has 0 unspecified atom stereocenters. The normalized spacial score (nSPS) is 22.0. The number of nitrogens with zero attached hydrogens (tertiary/aromatic N) is 3. The van der Waals surface area contributed by atoms with Gasteiger partial charge in [-0.05, 0) is 0 Å². The van der Waals surface area contributed by atoms with Crippen LogP contribution < -0.4 is 4.72 Å². The monoisotopic (exact) mass is 334 g/mol. The van der Waals surface area contributed by atoms with E-state index in [0.717, 1.165) is 32.8 Å². The molecule has 0 aromatic carbocycles. The van der Waals surface area contributed by atoms with Crippen LogP contribution in [0.1, 0.15) is 13.3 Å². The maximum absolute atomic E-state index is 12.2. The Morgan fingerprint density at radius 3 is 2.32 bits per heavy atom. The van der Waals surface area contributed by atoms with Crippen molar-refractivity contribution in [2.75, 3.05) is 65.6 Å². The molecule has 1 amide bonds. The number of nitrogens with one attached hydrogen (secondary N) is 1. The van der Waals surface area contributed by atoms with E-state index in [4.69, 9.17) is 4.74 Å². The quantitative estimate of drug-likeness (QED) is 0.653. The van der Waals surface area contributed by atoms with Gasteiger partial charge in [0.05, 0.1) is 13.2 Å². The molecule has 2 aliphatic heterocycles. The van der Waals surface area contributed by atoms with Crippen LogP contribution in [0.2, 0.25) is 0 Å². The molecule has 9 heteroatoms. The van der Waals surface area contributed by atoms with Gasteiger partial charge in [-0.2, -0.15) is 12.7 Å². The molecule has 2 rings (SSSR count). The summed E-state index contributed by atoms with van der Waals surface area (Å²) in [6, 6.07) is 0. The zero-order valence-corrected chi connectivity index (χ0v) is 14.0. The van der Waals surface area contributed by atoms with Crippen molar-refractivity contribution in [2.45, 2.75) is 13.3 Å². The Morgan fingerprint density at radius 1 is 1.09 bits per heavy atom. The van der Waals surface area contributed by atoms with E-state index in [1.54, 1.807) is 11.8 Å². The van der Waals surface area contributed by atoms with Crippen LogP contribution in [0.3, 0.4) is 0 Å². The average Bonchev–Trinajstić information content (AvgIpc) is 2.54. The molecule has 0 spiro atoms. The van der Waals surface area contributed by atoms with Crippen molar-refractivity contribution in [1.29, 1.82) is 0 Å². The SMILES string of the molecule is CCNS(=O)(=O)N1CCN(C(=O)CCN2CCOCC2)CC1. The standard InChI is InChI=1S/C13H26N4O4S/c1-2-14-22(19,20)17-7-5-16(6-8-17)13(18)3-4-15-9-11-21-12-10-15/h14H,2-12H2,1H3. The van der Waals surface area contributed by atoms with E-state index >= 15 is 0 Å². The second-order valence-electron chi connectivity index (χ2n) is 5.49. The lowest BCUT2D eigenvalue weighted by Gasteiger charge is -2.34. The second kappa shape index (κ2) is 8.21. The summed E-state index contributed by atoms with van der Waals surface area (Å²) in [5.74, 6) is 0.104. The van der Waals surface area contributed by atoms with Crippen molar-refractivity contribution in [2.24, 2.45) is 0 Å². The molecule has 0 radical (unpaired) electrons. The summed E-state index contributed by atoms with van der Waals surface area (Å²) in [5.41, 5.74) is 0. The van der Waals surface area contributed by atoms with Crippen LogP contribution >= 0.6 is 0 Å². The number of morpholine rings is 1. The molecular formula is C13H26N4O4S. The molecule has 0 saturated carbocycles. The number of carbonyl (C=O) groups is 1. The van der Waals surface area contributed by atoms with Gasteiger partial charge in [-0.3, -0.25) is 9.69 Å². The van der Waals surface area contributed by atoms with Crippen LogP contribution in [-0.2, 0) is 19.7 Å². The predicted molar refractivity (Wildman–Crippen MR) is 82.6 cm³/mol. The number of hydrogen-bond acceptors (Lipinski definition) is 5. The van der Waals surface area contributed by atoms with E-state index in [1.807, 2.05) is 0 Å². The number of amides is 1. The molecule has 2 saturated heterocycles. The summed E-state index contributed by atoms with van der Waals surface area (Å²) in [7, 11) is -3.39. The maximum Gasteiger partial charge on any atom is 0.279 e. The van der Waals surface area contributed by atoms with Gasteiger partial charge in [0.25, 0.3) is 10.2 Å². The van der Waals surface area contributed by atoms with Gasteiger partial charge in [-0.25, -0.2) is 4.72 Å². The molecule has 1 N–H and O–H groups in total. The third kappa shape index (κ3) is 4.88. The molecule has 2 fully saturated rings. The Balaban J connectivity index is 1.72. The zero-order chi connectivity index (χ0) is 16.0. The predicted octanol–water partition coefficient (Wildman–Crippen LogP) is -1.29. The van der Waals surface area contributed by atoms with Crippen LogP contribution in [0.25, 0.3) is 0 Å². The topological polar surface area (TPSA) is 82.2 Å². The highest BCUT2D eigenvalue weighted by molar-refractivity contribution is 7.87. The number of ether oxygens (including phenoxy) is 1. The van der Waals surface area contributed by atoms with Crippen molar-refractivity contribution in [3.05, 3.63) is 0 Å². The van der Waals surface area contributed by atoms with Gasteiger partial charge in [0.2, 0.25) is 5.91 Å². The summed E-state index contributed by atoms with van der Waals surface area (Å²) in [6.07, 6.45) is 0.486. The minimum Gasteiger partial charge on any atom is -0.379 e. The van der Waals surface area contributed by atoms with Gasteiger partial charge in [0.15, 0.2) is 0 Å². The van der Waals surface area contributed by atoms with E-state index in [1.165, 1.54) is 4.31 Å². The molecular weight excluding hydrogens is 308 g/mol. The Bertz CT molecular complexity index is 457. The number of rotatable bonds is 6. The highest BCUT2D eigenvalue weighted by Crippen LogP contribution is 2.08. The van der Waals surface area contributed by atoms with Crippen LogP contribution in [-0.4, -0.2) is 94.0 Å². The Morgan fingerprint density at radius 2 is 1.73 bits per heavy atom. The highest BCUT2D eigenvalue weighted by atomic mass is 32.2. The van der Waals surface area contributed by atoms with E-state index in [2.05, 4.69) is 9.62 Å². The van der Waals surface area contributed by atoms with Gasteiger partial charge >= 0.3 is 0 Å². The Hall–Kier alpha value is -0.740. The Labute approximate surface area is 132 Å². The fourth-order valence-electron chi connectivity index (χ4n) is 2.69. The first-order valence-corrected chi connectivity index (χ1v) is 9.29. The molecule has 0 atom stereocenters. The largest absolute Gasteiger partial charge is 0.379 e. The van der Waals surface area contributed by atoms with Crippen molar-refractivity contribution in [1.82, 2.24) is 18.8 Å². The maximum atomic E-state index is 12.2. The van der Waals surface area contributed by atoms with Gasteiger partial charge in [-0.1, -0.05) is 6.92 Å². The molecule has 2 heterocycles. The Kier molecular flexibility index (Phi) is 6.57. The first-order valence-electron chi connectivity index (χ1n) is 7.85. The summed E-state index contributed by atoms with van der Waals surface area (Å²) >= 11 is 0. The van der Waals surface area contributed by atoms with Gasteiger partial charge in [0, 0.05) is 58.8 Å². The number of piperazine rings is 1. The average molecular weight is 334 g/mol. The van der Waals surface area contributed by atoms with E-state index in [-0.39, 0.29) is 5.91 Å². The van der Waals surface area contributed by atoms with E-state index in [0.29, 0.717) is 39.1 Å². The van der Waals surface area contributed by atoms with Crippen molar-refractivity contribution < 1.29 is 17.9 Å². The first-order chi connectivity index (χ1) is 10.5. The molecule has 0 aromatic rings. The molecule has 0 aromatic heterocycles. The lowest BCUT2D eigenvalue weighted by Crippen LogP contribution is -2.53. The minimum absolute atomic E-state index is 0.104. The first kappa shape index (κ1) is 17.6. The smallest absolute Gasteiger partial charge is 0.279 e. The number of carbonyl (C=O) groups excluding carboxylic acids is 1. The van der Waals surface area contributed by atoms with E-state index < -0.39 is 10.2 Å². The van der Waals surface area contributed by atoms with Crippen molar-refractivity contribution >= 4 is 16.1 Å². The van der Waals surface area contributed by atoms with Crippen molar-refractivity contribution in [3.63, 3.8) is 0 Å². The molecule has 0 aliphatic carbocycles. The van der Waals surface area contributed by atoms with Crippen LogP contribution in [0.4, 0.5) is 0 Å².